The van der Waals surface area contributed by atoms with Gasteiger partial charge in [-0.25, -0.2) is 0 Å². The van der Waals surface area contributed by atoms with Crippen molar-refractivity contribution in [3.05, 3.63) is 11.5 Å². The quantitative estimate of drug-likeness (QED) is 0.575. The molecule has 0 fully saturated rings. The maximum atomic E-state index is 8.45. The van der Waals surface area contributed by atoms with Crippen LogP contribution >= 0.6 is 11.8 Å². The molecule has 0 amide bonds. The van der Waals surface area contributed by atoms with Crippen molar-refractivity contribution in [2.75, 3.05) is 0 Å². The van der Waals surface area contributed by atoms with Crippen LogP contribution in [0.25, 0.3) is 0 Å². The highest BCUT2D eigenvalue weighted by molar-refractivity contribution is 8.18. The van der Waals surface area contributed by atoms with Crippen molar-refractivity contribution in [2.24, 2.45) is 4.99 Å². The van der Waals surface area contributed by atoms with E-state index in [-0.39, 0.29) is 6.04 Å². The Morgan fingerprint density at radius 3 is 2.90 bits per heavy atom. The summed E-state index contributed by atoms with van der Waals surface area (Å²) >= 11 is 1.39. The van der Waals surface area contributed by atoms with Gasteiger partial charge in [-0.2, -0.15) is 5.26 Å². The zero-order valence-corrected chi connectivity index (χ0v) is 6.61. The van der Waals surface area contributed by atoms with Gasteiger partial charge in [0, 0.05) is 4.91 Å². The summed E-state index contributed by atoms with van der Waals surface area (Å²) in [4.78, 5) is 5.12. The second-order valence-electron chi connectivity index (χ2n) is 2.04. The van der Waals surface area contributed by atoms with E-state index in [0.717, 1.165) is 11.3 Å². The molecule has 1 rings (SSSR count). The standard InChI is InChI=1S/C7H8N2S/c1-3-6-5(2)10-7(4-8)9-6/h6H,2-3H2,1H3. The van der Waals surface area contributed by atoms with E-state index in [1.165, 1.54) is 11.8 Å². The van der Waals surface area contributed by atoms with E-state index in [0.29, 0.717) is 5.04 Å². The van der Waals surface area contributed by atoms with Crippen LogP contribution in [0.5, 0.6) is 0 Å². The Morgan fingerprint density at radius 1 is 1.90 bits per heavy atom. The molecule has 0 spiro atoms. The van der Waals surface area contributed by atoms with Crippen molar-refractivity contribution >= 4 is 16.8 Å². The van der Waals surface area contributed by atoms with Gasteiger partial charge in [0.25, 0.3) is 0 Å². The number of nitriles is 1. The Balaban J connectivity index is 2.72. The lowest BCUT2D eigenvalue weighted by molar-refractivity contribution is 0.786. The topological polar surface area (TPSA) is 36.1 Å². The van der Waals surface area contributed by atoms with E-state index >= 15 is 0 Å². The van der Waals surface area contributed by atoms with Crippen LogP contribution in [0.2, 0.25) is 0 Å². The van der Waals surface area contributed by atoms with Crippen molar-refractivity contribution in [3.8, 4) is 6.07 Å². The Hall–Kier alpha value is -0.750. The van der Waals surface area contributed by atoms with Crippen LogP contribution in [0, 0.1) is 11.3 Å². The molecule has 0 aliphatic carbocycles. The maximum absolute atomic E-state index is 8.45. The van der Waals surface area contributed by atoms with E-state index in [1.54, 1.807) is 0 Å². The minimum Gasteiger partial charge on any atom is -0.259 e. The molecule has 1 heterocycles. The number of rotatable bonds is 1. The molecule has 1 atom stereocenters. The zero-order chi connectivity index (χ0) is 7.56. The number of thioether (sulfide) groups is 1. The minimum atomic E-state index is 0.180. The molecule has 0 bridgehead atoms. The van der Waals surface area contributed by atoms with E-state index in [2.05, 4.69) is 11.6 Å². The lowest BCUT2D eigenvalue weighted by atomic mass is 10.2. The Labute approximate surface area is 64.6 Å². The first-order chi connectivity index (χ1) is 4.77. The lowest BCUT2D eigenvalue weighted by Gasteiger charge is -2.00. The van der Waals surface area contributed by atoms with Crippen LogP contribution in [0.1, 0.15) is 13.3 Å². The fraction of sp³-hybridized carbons (Fsp3) is 0.429. The molecule has 0 aromatic carbocycles. The van der Waals surface area contributed by atoms with Crippen LogP contribution in [-0.4, -0.2) is 11.1 Å². The van der Waals surface area contributed by atoms with Crippen molar-refractivity contribution in [2.45, 2.75) is 19.4 Å². The largest absolute Gasteiger partial charge is 0.259 e. The third kappa shape index (κ3) is 1.22. The van der Waals surface area contributed by atoms with Gasteiger partial charge in [-0.1, -0.05) is 25.3 Å². The number of nitrogens with zero attached hydrogens (tertiary/aromatic N) is 2. The van der Waals surface area contributed by atoms with Gasteiger partial charge in [-0.3, -0.25) is 4.99 Å². The van der Waals surface area contributed by atoms with Gasteiger partial charge in [-0.15, -0.1) is 0 Å². The number of aliphatic imine (C=N–C) groups is 1. The molecule has 3 heteroatoms. The van der Waals surface area contributed by atoms with Crippen molar-refractivity contribution in [1.29, 1.82) is 5.26 Å². The molecular weight excluding hydrogens is 144 g/mol. The highest BCUT2D eigenvalue weighted by Crippen LogP contribution is 2.30. The normalized spacial score (nSPS) is 24.2. The Bertz CT molecular complexity index is 224. The monoisotopic (exact) mass is 152 g/mol. The summed E-state index contributed by atoms with van der Waals surface area (Å²) in [5, 5.41) is 9.01. The molecule has 1 aliphatic rings. The SMILES string of the molecule is C=C1SC(C#N)=NC1CC. The van der Waals surface area contributed by atoms with Crippen LogP contribution < -0.4 is 0 Å². The summed E-state index contributed by atoms with van der Waals surface area (Å²) in [6.45, 7) is 5.84. The van der Waals surface area contributed by atoms with Crippen LogP contribution in [0.3, 0.4) is 0 Å². The van der Waals surface area contributed by atoms with Gasteiger partial charge >= 0.3 is 0 Å². The van der Waals surface area contributed by atoms with Crippen LogP contribution in [-0.2, 0) is 0 Å². The molecule has 10 heavy (non-hydrogen) atoms. The van der Waals surface area contributed by atoms with Crippen molar-refractivity contribution in [1.82, 2.24) is 0 Å². The Morgan fingerprint density at radius 2 is 2.60 bits per heavy atom. The first-order valence-corrected chi connectivity index (χ1v) is 3.94. The molecule has 0 saturated carbocycles. The predicted octanol–water partition coefficient (Wildman–Crippen LogP) is 1.95. The predicted molar refractivity (Wildman–Crippen MR) is 43.9 cm³/mol. The average Bonchev–Trinajstić information content (AvgIpc) is 2.30. The molecule has 52 valence electrons. The summed E-state index contributed by atoms with van der Waals surface area (Å²) in [6, 6.07) is 2.19. The van der Waals surface area contributed by atoms with Gasteiger partial charge in [0.2, 0.25) is 0 Å². The highest BCUT2D eigenvalue weighted by Gasteiger charge is 2.19. The summed E-state index contributed by atoms with van der Waals surface area (Å²) in [6.07, 6.45) is 0.941. The van der Waals surface area contributed by atoms with Crippen LogP contribution in [0.4, 0.5) is 0 Å². The van der Waals surface area contributed by atoms with E-state index in [4.69, 9.17) is 5.26 Å². The van der Waals surface area contributed by atoms with Gasteiger partial charge in [0.05, 0.1) is 6.04 Å². The lowest BCUT2D eigenvalue weighted by Crippen LogP contribution is -1.96. The molecule has 0 saturated heterocycles. The van der Waals surface area contributed by atoms with E-state index < -0.39 is 0 Å². The molecule has 1 aliphatic heterocycles. The second-order valence-corrected chi connectivity index (χ2v) is 3.15. The summed E-state index contributed by atoms with van der Waals surface area (Å²) in [5.41, 5.74) is 0. The molecule has 0 N–H and O–H groups in total. The molecule has 1 unspecified atom stereocenters. The van der Waals surface area contributed by atoms with Gasteiger partial charge in [-0.05, 0) is 6.42 Å². The molecule has 2 nitrogen and oxygen atoms in total. The number of hydrogen-bond donors (Lipinski definition) is 0. The summed E-state index contributed by atoms with van der Waals surface area (Å²) in [7, 11) is 0. The van der Waals surface area contributed by atoms with Crippen molar-refractivity contribution in [3.63, 3.8) is 0 Å². The maximum Gasteiger partial charge on any atom is 0.174 e. The van der Waals surface area contributed by atoms with Gasteiger partial charge < -0.3 is 0 Å². The molecule has 0 aromatic heterocycles. The van der Waals surface area contributed by atoms with Gasteiger partial charge in [0.1, 0.15) is 6.07 Å². The van der Waals surface area contributed by atoms with E-state index in [9.17, 15) is 0 Å². The average molecular weight is 152 g/mol. The zero-order valence-electron chi connectivity index (χ0n) is 5.79. The minimum absolute atomic E-state index is 0.180. The smallest absolute Gasteiger partial charge is 0.174 e. The molecular formula is C7H8N2S. The van der Waals surface area contributed by atoms with Crippen LogP contribution in [0.15, 0.2) is 16.5 Å². The summed E-state index contributed by atoms with van der Waals surface area (Å²) in [5.74, 6) is 0. The molecule has 0 radical (unpaired) electrons. The Kier molecular flexibility index (Phi) is 2.13. The third-order valence-electron chi connectivity index (χ3n) is 1.35. The fourth-order valence-corrected chi connectivity index (χ4v) is 1.63. The number of hydrogen-bond acceptors (Lipinski definition) is 3. The molecule has 0 aromatic rings. The first kappa shape index (κ1) is 7.36. The highest BCUT2D eigenvalue weighted by atomic mass is 32.2. The van der Waals surface area contributed by atoms with E-state index in [1.807, 2.05) is 13.0 Å². The van der Waals surface area contributed by atoms with Gasteiger partial charge in [0.15, 0.2) is 5.04 Å². The summed E-state index contributed by atoms with van der Waals surface area (Å²) < 4.78 is 0. The fourth-order valence-electron chi connectivity index (χ4n) is 0.803. The van der Waals surface area contributed by atoms with Crippen molar-refractivity contribution < 1.29 is 0 Å². The third-order valence-corrected chi connectivity index (χ3v) is 2.28. The first-order valence-electron chi connectivity index (χ1n) is 3.12. The second kappa shape index (κ2) is 2.89.